The maximum atomic E-state index is 12.6. The fourth-order valence-electron chi connectivity index (χ4n) is 2.71. The third kappa shape index (κ3) is 3.03. The van der Waals surface area contributed by atoms with Crippen LogP contribution in [0.15, 0.2) is 36.4 Å². The first kappa shape index (κ1) is 15.4. The van der Waals surface area contributed by atoms with Crippen LogP contribution in [0.4, 0.5) is 0 Å². The molecule has 23 heavy (non-hydrogen) atoms. The second-order valence-corrected chi connectivity index (χ2v) is 6.85. The number of benzene rings is 1. The van der Waals surface area contributed by atoms with Gasteiger partial charge < -0.3 is 4.74 Å². The van der Waals surface area contributed by atoms with Gasteiger partial charge in [0.25, 0.3) is 0 Å². The minimum Gasteiger partial charge on any atom is -0.493 e. The van der Waals surface area contributed by atoms with E-state index in [0.29, 0.717) is 11.3 Å². The number of ether oxygens (including phenoxy) is 1. The Kier molecular flexibility index (Phi) is 4.26. The molecule has 2 heterocycles. The predicted molar refractivity (Wildman–Crippen MR) is 86.6 cm³/mol. The highest BCUT2D eigenvalue weighted by atomic mass is 32.1. The summed E-state index contributed by atoms with van der Waals surface area (Å²) in [6, 6.07) is 12.9. The predicted octanol–water partition coefficient (Wildman–Crippen LogP) is 3.20. The molecule has 0 saturated carbocycles. The fraction of sp³-hybridized carbons (Fsp3) is 0.278. The molecule has 0 saturated heterocycles. The first-order valence-electron chi connectivity index (χ1n) is 7.35. The lowest BCUT2D eigenvalue weighted by Crippen LogP contribution is -2.35. The zero-order valence-corrected chi connectivity index (χ0v) is 13.4. The van der Waals surface area contributed by atoms with Crippen LogP contribution in [-0.2, 0) is 11.2 Å². The van der Waals surface area contributed by atoms with Crippen LogP contribution in [0.1, 0.15) is 20.1 Å². The molecule has 116 valence electrons. The van der Waals surface area contributed by atoms with Crippen LogP contribution in [0.3, 0.4) is 0 Å². The Balaban J connectivity index is 1.79. The summed E-state index contributed by atoms with van der Waals surface area (Å²) < 4.78 is 5.60. The zero-order chi connectivity index (χ0) is 16.4. The van der Waals surface area contributed by atoms with Gasteiger partial charge in [-0.15, -0.1) is 11.3 Å². The van der Waals surface area contributed by atoms with Gasteiger partial charge >= 0.3 is 0 Å². The average Bonchev–Trinajstić information content (AvgIpc) is 3.01. The second-order valence-electron chi connectivity index (χ2n) is 5.56. The summed E-state index contributed by atoms with van der Waals surface area (Å²) in [6.45, 7) is 2.10. The summed E-state index contributed by atoms with van der Waals surface area (Å²) >= 11 is 1.31. The van der Waals surface area contributed by atoms with Crippen LogP contribution < -0.4 is 4.74 Å². The number of Topliss-reactive ketones (excluding diaryl/α,β-unsaturated/α-hetero) is 2. The van der Waals surface area contributed by atoms with Gasteiger partial charge in [0.2, 0.25) is 0 Å². The van der Waals surface area contributed by atoms with Crippen molar-refractivity contribution in [3.8, 4) is 11.8 Å². The number of carbonyl (C=O) groups excluding carboxylic acids is 2. The number of hydrogen-bond acceptors (Lipinski definition) is 5. The smallest absolute Gasteiger partial charge is 0.197 e. The van der Waals surface area contributed by atoms with E-state index in [4.69, 9.17) is 4.74 Å². The van der Waals surface area contributed by atoms with Gasteiger partial charge in [-0.1, -0.05) is 18.2 Å². The van der Waals surface area contributed by atoms with Crippen molar-refractivity contribution in [3.63, 3.8) is 0 Å². The molecule has 1 aromatic carbocycles. The largest absolute Gasteiger partial charge is 0.493 e. The maximum Gasteiger partial charge on any atom is 0.197 e. The molecule has 5 heteroatoms. The summed E-state index contributed by atoms with van der Waals surface area (Å²) in [4.78, 5) is 26.5. The Bertz CT molecular complexity index is 803. The van der Waals surface area contributed by atoms with Crippen LogP contribution in [0.2, 0.25) is 0 Å². The first-order chi connectivity index (χ1) is 11.1. The normalized spacial score (nSPS) is 17.5. The standard InChI is InChI=1S/C18H15NO3S/c1-11-6-7-16(23-11)18(21)14(9-19)17(20)13-8-12-4-2-3-5-15(12)22-10-13/h2-7,13-14H,8,10H2,1H3/t13-,14-/m1/s1. The number of thiophene rings is 1. The highest BCUT2D eigenvalue weighted by Gasteiger charge is 2.36. The van der Waals surface area contributed by atoms with Gasteiger partial charge in [0.15, 0.2) is 17.5 Å². The summed E-state index contributed by atoms with van der Waals surface area (Å²) in [5.74, 6) is -1.70. The maximum absolute atomic E-state index is 12.6. The molecule has 3 rings (SSSR count). The number of nitriles is 1. The SMILES string of the molecule is Cc1ccc(C(=O)[C@H](C#N)C(=O)[C@H]2COc3ccccc3C2)s1. The number of rotatable bonds is 4. The number of ketones is 2. The van der Waals surface area contributed by atoms with Crippen molar-refractivity contribution < 1.29 is 14.3 Å². The molecule has 2 aromatic rings. The quantitative estimate of drug-likeness (QED) is 0.639. The van der Waals surface area contributed by atoms with E-state index in [0.717, 1.165) is 16.2 Å². The number of nitrogens with zero attached hydrogens (tertiary/aromatic N) is 1. The van der Waals surface area contributed by atoms with Crippen LogP contribution in [-0.4, -0.2) is 18.2 Å². The first-order valence-corrected chi connectivity index (χ1v) is 8.16. The lowest BCUT2D eigenvalue weighted by molar-refractivity contribution is -0.125. The van der Waals surface area contributed by atoms with Crippen molar-refractivity contribution >= 4 is 22.9 Å². The molecule has 0 amide bonds. The number of para-hydroxylation sites is 1. The summed E-state index contributed by atoms with van der Waals surface area (Å²) in [7, 11) is 0. The molecule has 0 N–H and O–H groups in total. The molecule has 2 atom stereocenters. The molecule has 1 aromatic heterocycles. The Morgan fingerprint density at radius 1 is 1.30 bits per heavy atom. The molecular weight excluding hydrogens is 310 g/mol. The van der Waals surface area contributed by atoms with Crippen molar-refractivity contribution in [2.45, 2.75) is 13.3 Å². The number of hydrogen-bond donors (Lipinski definition) is 0. The fourth-order valence-corrected chi connectivity index (χ4v) is 3.54. The van der Waals surface area contributed by atoms with E-state index in [1.807, 2.05) is 43.3 Å². The molecule has 0 aliphatic carbocycles. The van der Waals surface area contributed by atoms with Gasteiger partial charge in [0.1, 0.15) is 5.75 Å². The van der Waals surface area contributed by atoms with Crippen molar-refractivity contribution in [2.24, 2.45) is 11.8 Å². The van der Waals surface area contributed by atoms with Gasteiger partial charge in [0, 0.05) is 4.88 Å². The van der Waals surface area contributed by atoms with E-state index in [9.17, 15) is 14.9 Å². The molecular formula is C18H15NO3S. The van der Waals surface area contributed by atoms with Crippen LogP contribution in [0.5, 0.6) is 5.75 Å². The van der Waals surface area contributed by atoms with Crippen LogP contribution in [0, 0.1) is 30.1 Å². The Labute approximate surface area is 138 Å². The summed E-state index contributed by atoms with van der Waals surface area (Å²) in [5, 5.41) is 9.33. The Hall–Kier alpha value is -2.45. The molecule has 0 bridgehead atoms. The van der Waals surface area contributed by atoms with Gasteiger partial charge in [-0.2, -0.15) is 5.26 Å². The molecule has 0 unspecified atom stereocenters. The number of aryl methyl sites for hydroxylation is 1. The van der Waals surface area contributed by atoms with Gasteiger partial charge in [-0.3, -0.25) is 9.59 Å². The summed E-state index contributed by atoms with van der Waals surface area (Å²) in [6.07, 6.45) is 0.504. The van der Waals surface area contributed by atoms with E-state index >= 15 is 0 Å². The molecule has 0 radical (unpaired) electrons. The van der Waals surface area contributed by atoms with Gasteiger partial charge in [0.05, 0.1) is 23.5 Å². The van der Waals surface area contributed by atoms with E-state index in [-0.39, 0.29) is 12.4 Å². The minimum atomic E-state index is -1.26. The van der Waals surface area contributed by atoms with E-state index < -0.39 is 17.6 Å². The van der Waals surface area contributed by atoms with E-state index in [2.05, 4.69) is 0 Å². The second kappa shape index (κ2) is 6.35. The van der Waals surface area contributed by atoms with Crippen LogP contribution >= 0.6 is 11.3 Å². The van der Waals surface area contributed by atoms with Crippen LogP contribution in [0.25, 0.3) is 0 Å². The average molecular weight is 325 g/mol. The lowest BCUT2D eigenvalue weighted by atomic mass is 9.85. The Morgan fingerprint density at radius 3 is 2.78 bits per heavy atom. The molecule has 1 aliphatic heterocycles. The Morgan fingerprint density at radius 2 is 2.09 bits per heavy atom. The minimum absolute atomic E-state index is 0.213. The van der Waals surface area contributed by atoms with Crippen molar-refractivity contribution in [1.82, 2.24) is 0 Å². The molecule has 0 fully saturated rings. The van der Waals surface area contributed by atoms with Gasteiger partial charge in [-0.25, -0.2) is 0 Å². The van der Waals surface area contributed by atoms with Crippen molar-refractivity contribution in [1.29, 1.82) is 5.26 Å². The lowest BCUT2D eigenvalue weighted by Gasteiger charge is -2.25. The van der Waals surface area contributed by atoms with Crippen molar-refractivity contribution in [2.75, 3.05) is 6.61 Å². The van der Waals surface area contributed by atoms with Crippen molar-refractivity contribution in [3.05, 3.63) is 51.7 Å². The topological polar surface area (TPSA) is 67.2 Å². The highest BCUT2D eigenvalue weighted by molar-refractivity contribution is 7.14. The molecule has 1 aliphatic rings. The third-order valence-corrected chi connectivity index (χ3v) is 4.96. The van der Waals surface area contributed by atoms with Gasteiger partial charge in [-0.05, 0) is 37.1 Å². The molecule has 0 spiro atoms. The number of fused-ring (bicyclic) bond motifs is 1. The summed E-state index contributed by atoms with van der Waals surface area (Å²) in [5.41, 5.74) is 0.938. The zero-order valence-electron chi connectivity index (χ0n) is 12.6. The molecule has 4 nitrogen and oxygen atoms in total. The highest BCUT2D eigenvalue weighted by Crippen LogP contribution is 2.29. The third-order valence-electron chi connectivity index (χ3n) is 3.94. The monoisotopic (exact) mass is 325 g/mol. The van der Waals surface area contributed by atoms with E-state index in [1.54, 1.807) is 6.07 Å². The number of carbonyl (C=O) groups is 2. The van der Waals surface area contributed by atoms with E-state index in [1.165, 1.54) is 11.3 Å².